The van der Waals surface area contributed by atoms with E-state index in [0.29, 0.717) is 0 Å². The first-order chi connectivity index (χ1) is 9.20. The van der Waals surface area contributed by atoms with Crippen LogP contribution in [0.1, 0.15) is 16.7 Å². The maximum Gasteiger partial charge on any atom is 0.200 e. The molecule has 2 aromatic rings. The van der Waals surface area contributed by atoms with Crippen molar-refractivity contribution in [3.05, 3.63) is 51.7 Å². The summed E-state index contributed by atoms with van der Waals surface area (Å²) in [7, 11) is 0. The predicted molar refractivity (Wildman–Crippen MR) is 72.4 cm³/mol. The first kappa shape index (κ1) is 14.0. The zero-order valence-corrected chi connectivity index (χ0v) is 11.4. The molecule has 0 radical (unpaired) electrons. The van der Waals surface area contributed by atoms with Crippen molar-refractivity contribution in [1.29, 1.82) is 0 Å². The fourth-order valence-corrected chi connectivity index (χ4v) is 2.49. The lowest BCUT2D eigenvalue weighted by atomic mass is 10.3. The molecule has 0 aliphatic carbocycles. The van der Waals surface area contributed by atoms with E-state index in [1.165, 1.54) is 17.0 Å². The SMILES string of the molecule is CCNCc1ccc(COc2cccc(F)c2F)s1. The molecule has 5 heteroatoms. The second-order valence-corrected chi connectivity index (χ2v) is 5.24. The molecule has 0 spiro atoms. The summed E-state index contributed by atoms with van der Waals surface area (Å²) < 4.78 is 31.7. The Morgan fingerprint density at radius 1 is 1.16 bits per heavy atom. The van der Waals surface area contributed by atoms with Crippen molar-refractivity contribution in [2.24, 2.45) is 0 Å². The van der Waals surface area contributed by atoms with Crippen molar-refractivity contribution >= 4 is 11.3 Å². The lowest BCUT2D eigenvalue weighted by Crippen LogP contribution is -2.10. The van der Waals surface area contributed by atoms with Gasteiger partial charge in [-0.1, -0.05) is 13.0 Å². The molecule has 0 saturated carbocycles. The van der Waals surface area contributed by atoms with E-state index >= 15 is 0 Å². The lowest BCUT2D eigenvalue weighted by Gasteiger charge is -2.05. The van der Waals surface area contributed by atoms with Crippen molar-refractivity contribution in [2.75, 3.05) is 6.54 Å². The zero-order valence-electron chi connectivity index (χ0n) is 10.6. The van der Waals surface area contributed by atoms with Crippen molar-refractivity contribution in [1.82, 2.24) is 5.32 Å². The van der Waals surface area contributed by atoms with Gasteiger partial charge in [0.25, 0.3) is 0 Å². The van der Waals surface area contributed by atoms with Gasteiger partial charge in [0.1, 0.15) is 6.61 Å². The van der Waals surface area contributed by atoms with Gasteiger partial charge in [-0.05, 0) is 30.8 Å². The largest absolute Gasteiger partial charge is 0.485 e. The summed E-state index contributed by atoms with van der Waals surface area (Å²) in [6, 6.07) is 7.87. The molecule has 0 bridgehead atoms. The maximum atomic E-state index is 13.4. The van der Waals surface area contributed by atoms with Crippen LogP contribution in [0.3, 0.4) is 0 Å². The molecule has 0 fully saturated rings. The Morgan fingerprint density at radius 3 is 2.74 bits per heavy atom. The minimum atomic E-state index is -0.938. The first-order valence-corrected chi connectivity index (χ1v) is 6.87. The number of halogens is 2. The molecule has 0 amide bonds. The Hall–Kier alpha value is -1.46. The Morgan fingerprint density at radius 2 is 1.95 bits per heavy atom. The molecule has 0 aliphatic rings. The molecule has 0 aliphatic heterocycles. The van der Waals surface area contributed by atoms with E-state index < -0.39 is 11.6 Å². The molecule has 19 heavy (non-hydrogen) atoms. The quantitative estimate of drug-likeness (QED) is 0.872. The van der Waals surface area contributed by atoms with Gasteiger partial charge in [0.2, 0.25) is 5.82 Å². The van der Waals surface area contributed by atoms with Gasteiger partial charge < -0.3 is 10.1 Å². The molecule has 2 rings (SSSR count). The highest BCUT2D eigenvalue weighted by Gasteiger charge is 2.09. The van der Waals surface area contributed by atoms with Crippen molar-refractivity contribution in [3.8, 4) is 5.75 Å². The van der Waals surface area contributed by atoms with Crippen molar-refractivity contribution in [2.45, 2.75) is 20.1 Å². The highest BCUT2D eigenvalue weighted by atomic mass is 32.1. The molecule has 1 heterocycles. The highest BCUT2D eigenvalue weighted by molar-refractivity contribution is 7.11. The minimum Gasteiger partial charge on any atom is -0.485 e. The third-order valence-electron chi connectivity index (χ3n) is 2.55. The monoisotopic (exact) mass is 283 g/mol. The predicted octanol–water partition coefficient (Wildman–Crippen LogP) is 3.71. The summed E-state index contributed by atoms with van der Waals surface area (Å²) in [6.07, 6.45) is 0. The summed E-state index contributed by atoms with van der Waals surface area (Å²) in [5, 5.41) is 3.23. The highest BCUT2D eigenvalue weighted by Crippen LogP contribution is 2.22. The number of nitrogens with one attached hydrogen (secondary N) is 1. The van der Waals surface area contributed by atoms with E-state index in [4.69, 9.17) is 4.74 Å². The Bertz CT molecular complexity index is 542. The molecule has 0 saturated heterocycles. The van der Waals surface area contributed by atoms with Crippen molar-refractivity contribution in [3.63, 3.8) is 0 Å². The number of hydrogen-bond donors (Lipinski definition) is 1. The molecule has 2 nitrogen and oxygen atoms in total. The lowest BCUT2D eigenvalue weighted by molar-refractivity contribution is 0.287. The van der Waals surface area contributed by atoms with Crippen LogP contribution in [0.5, 0.6) is 5.75 Å². The van der Waals surface area contributed by atoms with Crippen LogP contribution in [0.4, 0.5) is 8.78 Å². The van der Waals surface area contributed by atoms with Gasteiger partial charge >= 0.3 is 0 Å². The van der Waals surface area contributed by atoms with Crippen LogP contribution in [0.15, 0.2) is 30.3 Å². The van der Waals surface area contributed by atoms with E-state index in [0.717, 1.165) is 24.0 Å². The number of hydrogen-bond acceptors (Lipinski definition) is 3. The van der Waals surface area contributed by atoms with Gasteiger partial charge in [-0.15, -0.1) is 11.3 Å². The third kappa shape index (κ3) is 3.75. The van der Waals surface area contributed by atoms with E-state index in [1.54, 1.807) is 11.3 Å². The normalized spacial score (nSPS) is 10.7. The van der Waals surface area contributed by atoms with Gasteiger partial charge in [-0.2, -0.15) is 4.39 Å². The molecular formula is C14H15F2NOS. The fraction of sp³-hybridized carbons (Fsp3) is 0.286. The summed E-state index contributed by atoms with van der Waals surface area (Å²) in [4.78, 5) is 2.18. The van der Waals surface area contributed by atoms with Crippen LogP contribution >= 0.6 is 11.3 Å². The van der Waals surface area contributed by atoms with Crippen molar-refractivity contribution < 1.29 is 13.5 Å². The first-order valence-electron chi connectivity index (χ1n) is 6.06. The second-order valence-electron chi connectivity index (χ2n) is 3.99. The molecular weight excluding hydrogens is 268 g/mol. The molecule has 0 unspecified atom stereocenters. The van der Waals surface area contributed by atoms with E-state index in [1.807, 2.05) is 19.1 Å². The molecule has 102 valence electrons. The summed E-state index contributed by atoms with van der Waals surface area (Å²) in [5.41, 5.74) is 0. The standard InChI is InChI=1S/C14H15F2NOS/c1-2-17-8-10-6-7-11(19-10)9-18-13-5-3-4-12(15)14(13)16/h3-7,17H,2,8-9H2,1H3. The summed E-state index contributed by atoms with van der Waals surface area (Å²) >= 11 is 1.60. The van der Waals surface area contributed by atoms with Crippen LogP contribution in [0, 0.1) is 11.6 Å². The number of benzene rings is 1. The molecule has 0 atom stereocenters. The average Bonchev–Trinajstić information content (AvgIpc) is 2.86. The van der Waals surface area contributed by atoms with E-state index in [9.17, 15) is 8.78 Å². The number of thiophene rings is 1. The Labute approximate surface area is 115 Å². The van der Waals surface area contributed by atoms with Gasteiger partial charge in [0.05, 0.1) is 0 Å². The molecule has 1 aromatic carbocycles. The van der Waals surface area contributed by atoms with Gasteiger partial charge in [-0.3, -0.25) is 0 Å². The Balaban J connectivity index is 1.95. The van der Waals surface area contributed by atoms with Crippen LogP contribution < -0.4 is 10.1 Å². The van der Waals surface area contributed by atoms with Crippen LogP contribution in [0.2, 0.25) is 0 Å². The van der Waals surface area contributed by atoms with Crippen LogP contribution in [-0.4, -0.2) is 6.54 Å². The topological polar surface area (TPSA) is 21.3 Å². The second kappa shape index (κ2) is 6.63. The zero-order chi connectivity index (χ0) is 13.7. The smallest absolute Gasteiger partial charge is 0.200 e. The van der Waals surface area contributed by atoms with Gasteiger partial charge in [0.15, 0.2) is 11.6 Å². The fourth-order valence-electron chi connectivity index (χ4n) is 1.59. The number of rotatable bonds is 6. The van der Waals surface area contributed by atoms with E-state index in [-0.39, 0.29) is 12.4 Å². The minimum absolute atomic E-state index is 0.0540. The third-order valence-corrected chi connectivity index (χ3v) is 3.61. The van der Waals surface area contributed by atoms with Gasteiger partial charge in [-0.25, -0.2) is 4.39 Å². The maximum absolute atomic E-state index is 13.4. The average molecular weight is 283 g/mol. The molecule has 1 aromatic heterocycles. The van der Waals surface area contributed by atoms with Gasteiger partial charge in [0, 0.05) is 16.3 Å². The summed E-state index contributed by atoms with van der Waals surface area (Å²) in [5.74, 6) is -1.88. The Kier molecular flexibility index (Phi) is 4.87. The van der Waals surface area contributed by atoms with Crippen LogP contribution in [0.25, 0.3) is 0 Å². The summed E-state index contributed by atoms with van der Waals surface area (Å²) in [6.45, 7) is 4.02. The van der Waals surface area contributed by atoms with Crippen LogP contribution in [-0.2, 0) is 13.2 Å². The molecule has 1 N–H and O–H groups in total. The number of ether oxygens (including phenoxy) is 1. The van der Waals surface area contributed by atoms with E-state index in [2.05, 4.69) is 5.32 Å².